The van der Waals surface area contributed by atoms with Crippen LogP contribution in [-0.2, 0) is 9.59 Å². The Morgan fingerprint density at radius 2 is 2.17 bits per heavy atom. The summed E-state index contributed by atoms with van der Waals surface area (Å²) in [5, 5.41) is 10.8. The van der Waals surface area contributed by atoms with Crippen LogP contribution in [-0.4, -0.2) is 29.1 Å². The van der Waals surface area contributed by atoms with E-state index in [2.05, 4.69) is 5.32 Å². The average molecular weight is 195 g/mol. The predicted octanol–water partition coefficient (Wildman–Crippen LogP) is -1.47. The largest absolute Gasteiger partial charge is 0.394 e. The van der Waals surface area contributed by atoms with Gasteiger partial charge < -0.3 is 10.8 Å². The molecule has 1 aliphatic heterocycles. The molecule has 0 aliphatic carbocycles. The molecule has 1 heterocycles. The van der Waals surface area contributed by atoms with E-state index in [1.807, 2.05) is 0 Å². The zero-order chi connectivity index (χ0) is 8.48. The summed E-state index contributed by atoms with van der Waals surface area (Å²) in [6, 6.07) is 0. The molecular weight excluding hydrogens is 184 g/mol. The molecule has 4 N–H and O–H groups in total. The van der Waals surface area contributed by atoms with Gasteiger partial charge in [0.15, 0.2) is 0 Å². The van der Waals surface area contributed by atoms with Gasteiger partial charge in [0, 0.05) is 6.42 Å². The highest BCUT2D eigenvalue weighted by molar-refractivity contribution is 6.02. The van der Waals surface area contributed by atoms with Gasteiger partial charge in [0.05, 0.1) is 6.61 Å². The minimum Gasteiger partial charge on any atom is -0.394 e. The Bertz CT molecular complexity index is 209. The monoisotopic (exact) mass is 194 g/mol. The van der Waals surface area contributed by atoms with Crippen molar-refractivity contribution in [2.45, 2.75) is 18.4 Å². The standard InChI is InChI=1S/C6H10N2O3.ClH/c7-6(3-9)2-1-4(10)8-5(6)11;/h9H,1-3,7H2,(H,8,10,11);1H. The lowest BCUT2D eigenvalue weighted by Crippen LogP contribution is -2.61. The molecule has 0 aromatic heterocycles. The molecule has 12 heavy (non-hydrogen) atoms. The first-order chi connectivity index (χ1) is 5.08. The van der Waals surface area contributed by atoms with E-state index < -0.39 is 18.1 Å². The van der Waals surface area contributed by atoms with Crippen molar-refractivity contribution in [3.8, 4) is 0 Å². The first-order valence-corrected chi connectivity index (χ1v) is 3.32. The van der Waals surface area contributed by atoms with E-state index in [0.29, 0.717) is 0 Å². The Labute approximate surface area is 75.7 Å². The van der Waals surface area contributed by atoms with Crippen molar-refractivity contribution in [2.75, 3.05) is 6.61 Å². The van der Waals surface area contributed by atoms with Crippen LogP contribution in [0.15, 0.2) is 0 Å². The number of hydrogen-bond donors (Lipinski definition) is 3. The molecule has 0 bridgehead atoms. The lowest BCUT2D eigenvalue weighted by molar-refractivity contribution is -0.138. The Kier molecular flexibility index (Phi) is 3.63. The maximum Gasteiger partial charge on any atom is 0.249 e. The third-order valence-corrected chi connectivity index (χ3v) is 1.79. The van der Waals surface area contributed by atoms with E-state index >= 15 is 0 Å². The number of rotatable bonds is 1. The molecule has 1 unspecified atom stereocenters. The smallest absolute Gasteiger partial charge is 0.249 e. The third kappa shape index (κ3) is 1.94. The molecule has 0 aromatic rings. The lowest BCUT2D eigenvalue weighted by atomic mass is 9.91. The second-order valence-corrected chi connectivity index (χ2v) is 2.69. The maximum atomic E-state index is 10.9. The molecule has 0 radical (unpaired) electrons. The molecule has 1 atom stereocenters. The summed E-state index contributed by atoms with van der Waals surface area (Å²) < 4.78 is 0. The van der Waals surface area contributed by atoms with Gasteiger partial charge in [-0.2, -0.15) is 0 Å². The van der Waals surface area contributed by atoms with Crippen molar-refractivity contribution in [1.29, 1.82) is 0 Å². The molecular formula is C6H11ClN2O3. The van der Waals surface area contributed by atoms with E-state index in [1.165, 1.54) is 0 Å². The Morgan fingerprint density at radius 1 is 1.58 bits per heavy atom. The number of piperidine rings is 1. The second-order valence-electron chi connectivity index (χ2n) is 2.69. The quantitative estimate of drug-likeness (QED) is 0.445. The number of amides is 2. The minimum absolute atomic E-state index is 0. The van der Waals surface area contributed by atoms with Crippen LogP contribution in [0.3, 0.4) is 0 Å². The molecule has 5 nitrogen and oxygen atoms in total. The van der Waals surface area contributed by atoms with Crippen LogP contribution < -0.4 is 11.1 Å². The molecule has 0 saturated carbocycles. The van der Waals surface area contributed by atoms with E-state index in [4.69, 9.17) is 10.8 Å². The predicted molar refractivity (Wildman–Crippen MR) is 43.6 cm³/mol. The summed E-state index contributed by atoms with van der Waals surface area (Å²) in [6.45, 7) is -0.424. The van der Waals surface area contributed by atoms with E-state index in [-0.39, 0.29) is 31.2 Å². The highest BCUT2D eigenvalue weighted by Gasteiger charge is 2.38. The zero-order valence-corrected chi connectivity index (χ0v) is 7.19. The number of hydrogen-bond acceptors (Lipinski definition) is 4. The van der Waals surface area contributed by atoms with Gasteiger partial charge in [0.25, 0.3) is 0 Å². The van der Waals surface area contributed by atoms with E-state index in [1.54, 1.807) is 0 Å². The molecule has 0 spiro atoms. The summed E-state index contributed by atoms with van der Waals surface area (Å²) in [6.07, 6.45) is 0.414. The fraction of sp³-hybridized carbons (Fsp3) is 0.667. The SMILES string of the molecule is Cl.NC1(CO)CCC(=O)NC1=O. The number of carbonyl (C=O) groups is 2. The van der Waals surface area contributed by atoms with Crippen LogP contribution in [0.1, 0.15) is 12.8 Å². The molecule has 6 heteroatoms. The Morgan fingerprint density at radius 3 is 2.58 bits per heavy atom. The second kappa shape index (κ2) is 3.84. The van der Waals surface area contributed by atoms with Gasteiger partial charge in [-0.3, -0.25) is 14.9 Å². The van der Waals surface area contributed by atoms with Gasteiger partial charge >= 0.3 is 0 Å². The highest BCUT2D eigenvalue weighted by Crippen LogP contribution is 2.13. The molecule has 1 saturated heterocycles. The van der Waals surface area contributed by atoms with Crippen LogP contribution in [0.5, 0.6) is 0 Å². The van der Waals surface area contributed by atoms with E-state index in [9.17, 15) is 9.59 Å². The van der Waals surface area contributed by atoms with Crippen molar-refractivity contribution in [2.24, 2.45) is 5.73 Å². The first kappa shape index (κ1) is 11.4. The summed E-state index contributed by atoms with van der Waals surface area (Å²) in [4.78, 5) is 21.5. The maximum absolute atomic E-state index is 10.9. The van der Waals surface area contributed by atoms with Gasteiger partial charge in [-0.15, -0.1) is 12.4 Å². The number of nitrogens with one attached hydrogen (secondary N) is 1. The van der Waals surface area contributed by atoms with Gasteiger partial charge in [-0.25, -0.2) is 0 Å². The van der Waals surface area contributed by atoms with Crippen LogP contribution in [0, 0.1) is 0 Å². The summed E-state index contributed by atoms with van der Waals surface area (Å²) in [7, 11) is 0. The fourth-order valence-electron chi connectivity index (χ4n) is 0.915. The lowest BCUT2D eigenvalue weighted by Gasteiger charge is -2.28. The minimum atomic E-state index is -1.26. The normalized spacial score (nSPS) is 29.2. The number of nitrogens with two attached hydrogens (primary N) is 1. The summed E-state index contributed by atoms with van der Waals surface area (Å²) in [5.41, 5.74) is 4.19. The van der Waals surface area contributed by atoms with Gasteiger partial charge in [-0.1, -0.05) is 0 Å². The third-order valence-electron chi connectivity index (χ3n) is 1.79. The van der Waals surface area contributed by atoms with Crippen LogP contribution >= 0.6 is 12.4 Å². The Hall–Kier alpha value is -0.650. The van der Waals surface area contributed by atoms with Crippen molar-refractivity contribution < 1.29 is 14.7 Å². The van der Waals surface area contributed by atoms with Crippen LogP contribution in [0.4, 0.5) is 0 Å². The van der Waals surface area contributed by atoms with Gasteiger partial charge in [-0.05, 0) is 6.42 Å². The number of imide groups is 1. The summed E-state index contributed by atoms with van der Waals surface area (Å²) >= 11 is 0. The van der Waals surface area contributed by atoms with Crippen LogP contribution in [0.25, 0.3) is 0 Å². The van der Waals surface area contributed by atoms with Crippen molar-refractivity contribution >= 4 is 24.2 Å². The average Bonchev–Trinajstić information content (AvgIpc) is 1.98. The number of aliphatic hydroxyl groups is 1. The number of aliphatic hydroxyl groups excluding tert-OH is 1. The summed E-state index contributed by atoms with van der Waals surface area (Å²) in [5.74, 6) is -0.916. The molecule has 70 valence electrons. The van der Waals surface area contributed by atoms with Gasteiger partial charge in [0.1, 0.15) is 5.54 Å². The molecule has 2 amide bonds. The fourth-order valence-corrected chi connectivity index (χ4v) is 0.915. The van der Waals surface area contributed by atoms with Crippen molar-refractivity contribution in [3.63, 3.8) is 0 Å². The van der Waals surface area contributed by atoms with Crippen LogP contribution in [0.2, 0.25) is 0 Å². The zero-order valence-electron chi connectivity index (χ0n) is 6.37. The number of halogens is 1. The van der Waals surface area contributed by atoms with Crippen molar-refractivity contribution in [1.82, 2.24) is 5.32 Å². The van der Waals surface area contributed by atoms with Gasteiger partial charge in [0.2, 0.25) is 11.8 Å². The number of carbonyl (C=O) groups excluding carboxylic acids is 2. The highest BCUT2D eigenvalue weighted by atomic mass is 35.5. The topological polar surface area (TPSA) is 92.4 Å². The molecule has 0 aromatic carbocycles. The van der Waals surface area contributed by atoms with Crippen molar-refractivity contribution in [3.05, 3.63) is 0 Å². The molecule has 1 aliphatic rings. The first-order valence-electron chi connectivity index (χ1n) is 3.32. The molecule has 1 fully saturated rings. The van der Waals surface area contributed by atoms with E-state index in [0.717, 1.165) is 0 Å². The molecule has 1 rings (SSSR count). The Balaban J connectivity index is 0.00000121.